The molecule has 3 nitrogen and oxygen atoms in total. The van der Waals surface area contributed by atoms with Gasteiger partial charge in [-0.05, 0) is 48.2 Å². The Morgan fingerprint density at radius 3 is 3.00 bits per heavy atom. The van der Waals surface area contributed by atoms with Crippen molar-refractivity contribution in [2.45, 2.75) is 19.8 Å². The van der Waals surface area contributed by atoms with Crippen LogP contribution in [0.5, 0.6) is 5.75 Å². The summed E-state index contributed by atoms with van der Waals surface area (Å²) in [5.74, 6) is 1.03. The first kappa shape index (κ1) is 13.5. The van der Waals surface area contributed by atoms with E-state index in [9.17, 15) is 0 Å². The number of nitriles is 1. The molecule has 3 heteroatoms. The summed E-state index contributed by atoms with van der Waals surface area (Å²) in [6.45, 7) is 3.71. The molecule has 1 aliphatic heterocycles. The van der Waals surface area contributed by atoms with E-state index in [0.717, 1.165) is 43.0 Å². The number of rotatable bonds is 4. The Hall–Kier alpha value is -2.47. The maximum Gasteiger partial charge on any atom is 0.122 e. The lowest BCUT2D eigenvalue weighted by molar-refractivity contribution is 0.357. The molecule has 0 saturated carbocycles. The topological polar surface area (TPSA) is 45.0 Å². The monoisotopic (exact) mass is 278 g/mol. The van der Waals surface area contributed by atoms with Gasteiger partial charge in [0.2, 0.25) is 0 Å². The van der Waals surface area contributed by atoms with Crippen LogP contribution >= 0.6 is 0 Å². The molecule has 0 bridgehead atoms. The standard InChI is InChI=1S/C18H18N2O/c1-13-2-3-15(12-19)11-17(13)20-8-6-14-4-5-18-16(10-14)7-9-21-18/h2-5,10-11,20H,6-9H2,1H3. The fourth-order valence-corrected chi connectivity index (χ4v) is 2.62. The van der Waals surface area contributed by atoms with Crippen molar-refractivity contribution < 1.29 is 4.74 Å². The van der Waals surface area contributed by atoms with E-state index in [4.69, 9.17) is 10.00 Å². The van der Waals surface area contributed by atoms with Crippen LogP contribution in [-0.2, 0) is 12.8 Å². The molecule has 0 unspecified atom stereocenters. The fraction of sp³-hybridized carbons (Fsp3) is 0.278. The molecule has 1 N–H and O–H groups in total. The minimum Gasteiger partial charge on any atom is -0.493 e. The quantitative estimate of drug-likeness (QED) is 0.931. The van der Waals surface area contributed by atoms with Gasteiger partial charge in [-0.15, -0.1) is 0 Å². The van der Waals surface area contributed by atoms with Gasteiger partial charge >= 0.3 is 0 Å². The Morgan fingerprint density at radius 2 is 2.14 bits per heavy atom. The van der Waals surface area contributed by atoms with Gasteiger partial charge in [0, 0.05) is 18.7 Å². The number of benzene rings is 2. The Balaban J connectivity index is 1.63. The normalized spacial score (nSPS) is 12.4. The number of hydrogen-bond acceptors (Lipinski definition) is 3. The van der Waals surface area contributed by atoms with Crippen LogP contribution in [0.25, 0.3) is 0 Å². The Morgan fingerprint density at radius 1 is 1.24 bits per heavy atom. The third-order valence-electron chi connectivity index (χ3n) is 3.85. The minimum atomic E-state index is 0.692. The molecule has 0 fully saturated rings. The van der Waals surface area contributed by atoms with Crippen LogP contribution in [0.15, 0.2) is 36.4 Å². The number of hydrogen-bond donors (Lipinski definition) is 1. The lowest BCUT2D eigenvalue weighted by Gasteiger charge is -2.10. The molecule has 0 amide bonds. The zero-order chi connectivity index (χ0) is 14.7. The van der Waals surface area contributed by atoms with Crippen molar-refractivity contribution >= 4 is 5.69 Å². The summed E-state index contributed by atoms with van der Waals surface area (Å²) in [6, 6.07) is 14.4. The number of aryl methyl sites for hydroxylation is 1. The summed E-state index contributed by atoms with van der Waals surface area (Å²) in [4.78, 5) is 0. The predicted octanol–water partition coefficient (Wildman–Crippen LogP) is 3.46. The van der Waals surface area contributed by atoms with Crippen molar-refractivity contribution in [3.63, 3.8) is 0 Å². The van der Waals surface area contributed by atoms with Crippen molar-refractivity contribution in [3.8, 4) is 11.8 Å². The summed E-state index contributed by atoms with van der Waals surface area (Å²) >= 11 is 0. The second-order valence-electron chi connectivity index (χ2n) is 5.36. The van der Waals surface area contributed by atoms with Crippen molar-refractivity contribution in [3.05, 3.63) is 58.7 Å². The van der Waals surface area contributed by atoms with Gasteiger partial charge in [-0.2, -0.15) is 5.26 Å². The van der Waals surface area contributed by atoms with Crippen LogP contribution in [0.1, 0.15) is 22.3 Å². The zero-order valence-electron chi connectivity index (χ0n) is 12.1. The molecule has 0 radical (unpaired) electrons. The lowest BCUT2D eigenvalue weighted by Crippen LogP contribution is -2.06. The molecule has 106 valence electrons. The zero-order valence-corrected chi connectivity index (χ0v) is 12.1. The molecule has 1 aliphatic rings. The molecule has 0 atom stereocenters. The molecule has 1 heterocycles. The summed E-state index contributed by atoms with van der Waals surface area (Å²) in [5, 5.41) is 12.4. The Bertz CT molecular complexity index is 701. The summed E-state index contributed by atoms with van der Waals surface area (Å²) < 4.78 is 5.52. The summed E-state index contributed by atoms with van der Waals surface area (Å²) in [7, 11) is 0. The highest BCUT2D eigenvalue weighted by molar-refractivity contribution is 5.55. The van der Waals surface area contributed by atoms with Crippen molar-refractivity contribution in [1.82, 2.24) is 0 Å². The van der Waals surface area contributed by atoms with E-state index < -0.39 is 0 Å². The molecule has 3 rings (SSSR count). The van der Waals surface area contributed by atoms with Crippen molar-refractivity contribution in [2.75, 3.05) is 18.5 Å². The maximum atomic E-state index is 8.96. The smallest absolute Gasteiger partial charge is 0.122 e. The lowest BCUT2D eigenvalue weighted by atomic mass is 10.1. The van der Waals surface area contributed by atoms with Crippen molar-refractivity contribution in [2.24, 2.45) is 0 Å². The van der Waals surface area contributed by atoms with Crippen LogP contribution < -0.4 is 10.1 Å². The summed E-state index contributed by atoms with van der Waals surface area (Å²) in [6.07, 6.45) is 1.98. The second kappa shape index (κ2) is 5.88. The van der Waals surface area contributed by atoms with Gasteiger partial charge in [0.15, 0.2) is 0 Å². The first-order valence-corrected chi connectivity index (χ1v) is 7.25. The highest BCUT2D eigenvalue weighted by Gasteiger charge is 2.11. The van der Waals surface area contributed by atoms with Crippen LogP contribution in [0, 0.1) is 18.3 Å². The van der Waals surface area contributed by atoms with E-state index in [-0.39, 0.29) is 0 Å². The first-order chi connectivity index (χ1) is 10.3. The number of fused-ring (bicyclic) bond motifs is 1. The van der Waals surface area contributed by atoms with E-state index in [1.54, 1.807) is 0 Å². The highest BCUT2D eigenvalue weighted by Crippen LogP contribution is 2.26. The van der Waals surface area contributed by atoms with Gasteiger partial charge in [0.1, 0.15) is 5.75 Å². The van der Waals surface area contributed by atoms with Gasteiger partial charge in [-0.3, -0.25) is 0 Å². The van der Waals surface area contributed by atoms with Crippen LogP contribution in [0.4, 0.5) is 5.69 Å². The summed E-state index contributed by atoms with van der Waals surface area (Å²) in [5.41, 5.74) is 5.53. The van der Waals surface area contributed by atoms with Gasteiger partial charge in [0.25, 0.3) is 0 Å². The van der Waals surface area contributed by atoms with Gasteiger partial charge in [-0.1, -0.05) is 18.2 Å². The number of nitrogens with zero attached hydrogens (tertiary/aromatic N) is 1. The first-order valence-electron chi connectivity index (χ1n) is 7.25. The van der Waals surface area contributed by atoms with E-state index in [1.807, 2.05) is 18.2 Å². The average molecular weight is 278 g/mol. The molecular weight excluding hydrogens is 260 g/mol. The van der Waals surface area contributed by atoms with Crippen molar-refractivity contribution in [1.29, 1.82) is 5.26 Å². The molecule has 21 heavy (non-hydrogen) atoms. The number of nitrogens with one attached hydrogen (secondary N) is 1. The van der Waals surface area contributed by atoms with Gasteiger partial charge in [-0.25, -0.2) is 0 Å². The number of ether oxygens (including phenoxy) is 1. The molecule has 2 aromatic carbocycles. The predicted molar refractivity (Wildman–Crippen MR) is 83.7 cm³/mol. The largest absolute Gasteiger partial charge is 0.493 e. The van der Waals surface area contributed by atoms with E-state index in [1.165, 1.54) is 11.1 Å². The van der Waals surface area contributed by atoms with E-state index >= 15 is 0 Å². The SMILES string of the molecule is Cc1ccc(C#N)cc1NCCc1ccc2c(c1)CCO2. The minimum absolute atomic E-state index is 0.692. The van der Waals surface area contributed by atoms with Gasteiger partial charge < -0.3 is 10.1 Å². The molecule has 0 spiro atoms. The van der Waals surface area contributed by atoms with Gasteiger partial charge in [0.05, 0.1) is 18.2 Å². The third kappa shape index (κ3) is 3.00. The molecule has 0 aromatic heterocycles. The van der Waals surface area contributed by atoms with Crippen LogP contribution in [0.3, 0.4) is 0 Å². The van der Waals surface area contributed by atoms with E-state index in [0.29, 0.717) is 5.56 Å². The van der Waals surface area contributed by atoms with Crippen LogP contribution in [-0.4, -0.2) is 13.2 Å². The molecule has 0 aliphatic carbocycles. The third-order valence-corrected chi connectivity index (χ3v) is 3.85. The fourth-order valence-electron chi connectivity index (χ4n) is 2.62. The second-order valence-corrected chi connectivity index (χ2v) is 5.36. The Kier molecular flexibility index (Phi) is 3.79. The Labute approximate surface area is 125 Å². The molecule has 0 saturated heterocycles. The maximum absolute atomic E-state index is 8.96. The highest BCUT2D eigenvalue weighted by atomic mass is 16.5. The average Bonchev–Trinajstić information content (AvgIpc) is 2.97. The molecular formula is C18H18N2O. The van der Waals surface area contributed by atoms with E-state index in [2.05, 4.69) is 36.5 Å². The van der Waals surface area contributed by atoms with Crippen LogP contribution in [0.2, 0.25) is 0 Å². The molecule has 2 aromatic rings. The number of anilines is 1.